The van der Waals surface area contributed by atoms with Gasteiger partial charge in [-0.15, -0.1) is 0 Å². The van der Waals surface area contributed by atoms with Crippen molar-refractivity contribution in [2.75, 3.05) is 6.61 Å². The van der Waals surface area contributed by atoms with Crippen molar-refractivity contribution in [3.05, 3.63) is 11.8 Å². The molecule has 3 heterocycles. The van der Waals surface area contributed by atoms with Crippen molar-refractivity contribution in [2.45, 2.75) is 91.0 Å². The molecule has 1 spiro atoms. The summed E-state index contributed by atoms with van der Waals surface area (Å²) in [5.74, 6) is 3.84. The van der Waals surface area contributed by atoms with Gasteiger partial charge in [0.2, 0.25) is 5.91 Å². The zero-order chi connectivity index (χ0) is 20.9. The molecular formula is C26H39NO3. The van der Waals surface area contributed by atoms with E-state index in [2.05, 4.69) is 39.1 Å². The summed E-state index contributed by atoms with van der Waals surface area (Å²) < 4.78 is 13.3. The fourth-order valence-electron chi connectivity index (χ4n) is 9.21. The Balaban J connectivity index is 1.29. The molecule has 0 unspecified atom stereocenters. The van der Waals surface area contributed by atoms with E-state index in [1.54, 1.807) is 0 Å². The van der Waals surface area contributed by atoms with Crippen LogP contribution in [0.4, 0.5) is 0 Å². The lowest BCUT2D eigenvalue weighted by atomic mass is 9.48. The third-order valence-electron chi connectivity index (χ3n) is 10.9. The Morgan fingerprint density at radius 1 is 1.10 bits per heavy atom. The second-order valence-corrected chi connectivity index (χ2v) is 12.2. The maximum absolute atomic E-state index is 12.0. The summed E-state index contributed by atoms with van der Waals surface area (Å²) in [6.07, 6.45) is 11.7. The highest BCUT2D eigenvalue weighted by Crippen LogP contribution is 2.70. The molecule has 4 nitrogen and oxygen atoms in total. The van der Waals surface area contributed by atoms with E-state index in [0.717, 1.165) is 37.7 Å². The molecule has 1 N–H and O–H groups in total. The Labute approximate surface area is 181 Å². The van der Waals surface area contributed by atoms with Crippen molar-refractivity contribution >= 4 is 5.91 Å². The summed E-state index contributed by atoms with van der Waals surface area (Å²) in [5.41, 5.74) is 1.75. The molecule has 3 aliphatic heterocycles. The monoisotopic (exact) mass is 413 g/mol. The summed E-state index contributed by atoms with van der Waals surface area (Å²) >= 11 is 0. The van der Waals surface area contributed by atoms with E-state index in [9.17, 15) is 4.79 Å². The third kappa shape index (κ3) is 2.44. The smallest absolute Gasteiger partial charge is 0.224 e. The van der Waals surface area contributed by atoms with E-state index < -0.39 is 0 Å². The van der Waals surface area contributed by atoms with Crippen molar-refractivity contribution in [2.24, 2.45) is 46.3 Å². The van der Waals surface area contributed by atoms with Crippen LogP contribution in [0.1, 0.15) is 79.1 Å². The number of piperidine rings is 1. The van der Waals surface area contributed by atoms with Gasteiger partial charge in [-0.05, 0) is 73.5 Å². The number of nitrogens with one attached hydrogen (secondary N) is 1. The van der Waals surface area contributed by atoms with Crippen LogP contribution in [0.2, 0.25) is 0 Å². The predicted octanol–water partition coefficient (Wildman–Crippen LogP) is 5.04. The van der Waals surface area contributed by atoms with Crippen molar-refractivity contribution in [3.63, 3.8) is 0 Å². The molecular weight excluding hydrogens is 374 g/mol. The Bertz CT molecular complexity index is 783. The van der Waals surface area contributed by atoms with Gasteiger partial charge in [-0.2, -0.15) is 0 Å². The second-order valence-electron chi connectivity index (χ2n) is 12.2. The SMILES string of the molecule is C[C@@H]1CC[C@@]2(OC1)O[C@H]1C[C@H]3[C@@H]4CC=C5NC(=O)CC[C@]5(C)[C@H]4CC[C@]3(C)[C@H]1[C@@H]2C. The van der Waals surface area contributed by atoms with Crippen LogP contribution >= 0.6 is 0 Å². The fraction of sp³-hybridized carbons (Fsp3) is 0.885. The molecule has 3 saturated heterocycles. The topological polar surface area (TPSA) is 47.6 Å². The van der Waals surface area contributed by atoms with Crippen LogP contribution in [0.25, 0.3) is 0 Å². The van der Waals surface area contributed by atoms with E-state index in [1.165, 1.54) is 31.4 Å². The standard InChI is InChI=1S/C26H39NO3/c1-15-7-12-26(29-14-15)16(2)23-20(30-26)13-19-17-5-6-21-24(3,11-9-22(28)27-21)18(17)8-10-25(19,23)4/h6,15-20,23H,5,7-14H2,1-4H3,(H,27,28)/t15-,16+,17-,18+,19+,20+,23+,24-,25+,26-/m1/s1. The minimum absolute atomic E-state index is 0.159. The summed E-state index contributed by atoms with van der Waals surface area (Å²) in [7, 11) is 0. The molecule has 2 saturated carbocycles. The van der Waals surface area contributed by atoms with Crippen molar-refractivity contribution in [1.82, 2.24) is 5.32 Å². The molecule has 30 heavy (non-hydrogen) atoms. The molecule has 0 aromatic heterocycles. The van der Waals surface area contributed by atoms with Crippen molar-refractivity contribution in [3.8, 4) is 0 Å². The van der Waals surface area contributed by atoms with E-state index in [0.29, 0.717) is 41.6 Å². The minimum atomic E-state index is -0.314. The van der Waals surface area contributed by atoms with Gasteiger partial charge in [0.15, 0.2) is 5.79 Å². The van der Waals surface area contributed by atoms with Gasteiger partial charge in [0.05, 0.1) is 12.7 Å². The van der Waals surface area contributed by atoms with Crippen molar-refractivity contribution < 1.29 is 14.3 Å². The average molecular weight is 414 g/mol. The Hall–Kier alpha value is -0.870. The largest absolute Gasteiger partial charge is 0.349 e. The first-order valence-corrected chi connectivity index (χ1v) is 12.6. The number of amides is 1. The predicted molar refractivity (Wildman–Crippen MR) is 115 cm³/mol. The van der Waals surface area contributed by atoms with E-state index >= 15 is 0 Å². The first-order chi connectivity index (χ1) is 14.3. The number of carbonyl (C=O) groups excluding carboxylic acids is 1. The van der Waals surface area contributed by atoms with Gasteiger partial charge in [-0.1, -0.05) is 33.8 Å². The van der Waals surface area contributed by atoms with Crippen LogP contribution in [0.5, 0.6) is 0 Å². The normalized spacial score (nSPS) is 57.1. The van der Waals surface area contributed by atoms with Gasteiger partial charge < -0.3 is 14.8 Å². The summed E-state index contributed by atoms with van der Waals surface area (Å²) in [6, 6.07) is 0. The van der Waals surface area contributed by atoms with Gasteiger partial charge >= 0.3 is 0 Å². The maximum atomic E-state index is 12.0. The lowest BCUT2D eigenvalue weighted by Gasteiger charge is -2.57. The number of hydrogen-bond donors (Lipinski definition) is 1. The molecule has 166 valence electrons. The molecule has 10 atom stereocenters. The zero-order valence-corrected chi connectivity index (χ0v) is 19.2. The lowest BCUT2D eigenvalue weighted by molar-refractivity contribution is -0.272. The highest BCUT2D eigenvalue weighted by molar-refractivity contribution is 5.79. The van der Waals surface area contributed by atoms with Gasteiger partial charge in [-0.3, -0.25) is 4.79 Å². The summed E-state index contributed by atoms with van der Waals surface area (Å²) in [5, 5.41) is 3.23. The molecule has 0 aromatic rings. The summed E-state index contributed by atoms with van der Waals surface area (Å²) in [4.78, 5) is 12.0. The maximum Gasteiger partial charge on any atom is 0.224 e. The van der Waals surface area contributed by atoms with Gasteiger partial charge in [0.1, 0.15) is 0 Å². The number of allylic oxidation sites excluding steroid dienone is 2. The lowest BCUT2D eigenvalue weighted by Crippen LogP contribution is -2.54. The summed E-state index contributed by atoms with van der Waals surface area (Å²) in [6.45, 7) is 10.6. The molecule has 6 aliphatic rings. The molecule has 0 radical (unpaired) electrons. The minimum Gasteiger partial charge on any atom is -0.349 e. The molecule has 0 bridgehead atoms. The molecule has 1 amide bonds. The average Bonchev–Trinajstić information content (AvgIpc) is 3.16. The fourth-order valence-corrected chi connectivity index (χ4v) is 9.21. The number of hydrogen-bond acceptors (Lipinski definition) is 3. The highest BCUT2D eigenvalue weighted by atomic mass is 16.7. The Kier molecular flexibility index (Phi) is 4.18. The highest BCUT2D eigenvalue weighted by Gasteiger charge is 2.68. The Morgan fingerprint density at radius 3 is 2.70 bits per heavy atom. The first kappa shape index (κ1) is 19.8. The van der Waals surface area contributed by atoms with Crippen LogP contribution in [0, 0.1) is 46.3 Å². The third-order valence-corrected chi connectivity index (χ3v) is 10.9. The van der Waals surface area contributed by atoms with Gasteiger partial charge in [0.25, 0.3) is 0 Å². The number of rotatable bonds is 0. The van der Waals surface area contributed by atoms with E-state index in [1.807, 2.05) is 0 Å². The number of carbonyl (C=O) groups is 1. The molecule has 0 aromatic carbocycles. The van der Waals surface area contributed by atoms with Crippen LogP contribution in [-0.2, 0) is 14.3 Å². The number of ether oxygens (including phenoxy) is 2. The first-order valence-electron chi connectivity index (χ1n) is 12.6. The molecule has 6 rings (SSSR count). The van der Waals surface area contributed by atoms with E-state index in [-0.39, 0.29) is 17.1 Å². The number of fused-ring (bicyclic) bond motifs is 7. The van der Waals surface area contributed by atoms with E-state index in [4.69, 9.17) is 9.47 Å². The van der Waals surface area contributed by atoms with Gasteiger partial charge in [0, 0.05) is 29.9 Å². The van der Waals surface area contributed by atoms with Crippen LogP contribution in [-0.4, -0.2) is 24.4 Å². The van der Waals surface area contributed by atoms with Crippen LogP contribution in [0.3, 0.4) is 0 Å². The molecule has 3 aliphatic carbocycles. The van der Waals surface area contributed by atoms with Crippen LogP contribution in [0.15, 0.2) is 11.8 Å². The zero-order valence-electron chi connectivity index (χ0n) is 19.2. The second kappa shape index (κ2) is 6.34. The van der Waals surface area contributed by atoms with Crippen LogP contribution < -0.4 is 5.32 Å². The van der Waals surface area contributed by atoms with Gasteiger partial charge in [-0.25, -0.2) is 0 Å². The molecule has 5 fully saturated rings. The quantitative estimate of drug-likeness (QED) is 0.605. The van der Waals surface area contributed by atoms with Crippen molar-refractivity contribution in [1.29, 1.82) is 0 Å². The Morgan fingerprint density at radius 2 is 1.93 bits per heavy atom. The molecule has 4 heteroatoms.